The van der Waals surface area contributed by atoms with Crippen molar-refractivity contribution in [1.82, 2.24) is 14.8 Å². The molecule has 0 aliphatic heterocycles. The van der Waals surface area contributed by atoms with E-state index in [1.165, 1.54) is 5.56 Å². The maximum absolute atomic E-state index is 12.3. The predicted molar refractivity (Wildman–Crippen MR) is 114 cm³/mol. The van der Waals surface area contributed by atoms with Gasteiger partial charge in [0, 0.05) is 12.3 Å². The Balaban J connectivity index is 1.53. The van der Waals surface area contributed by atoms with Gasteiger partial charge >= 0.3 is 0 Å². The molecule has 0 unspecified atom stereocenters. The van der Waals surface area contributed by atoms with Crippen molar-refractivity contribution in [2.75, 3.05) is 5.32 Å². The van der Waals surface area contributed by atoms with Gasteiger partial charge in [-0.1, -0.05) is 38.1 Å². The molecule has 1 N–H and O–H groups in total. The van der Waals surface area contributed by atoms with Crippen LogP contribution in [0.4, 0.5) is 5.82 Å². The van der Waals surface area contributed by atoms with Gasteiger partial charge < -0.3 is 10.1 Å². The summed E-state index contributed by atoms with van der Waals surface area (Å²) < 4.78 is 7.35. The number of anilines is 1. The van der Waals surface area contributed by atoms with E-state index in [0.717, 1.165) is 17.0 Å². The first kappa shape index (κ1) is 20.6. The second-order valence-corrected chi connectivity index (χ2v) is 7.67. The van der Waals surface area contributed by atoms with Gasteiger partial charge in [-0.25, -0.2) is 0 Å². The molecule has 0 spiro atoms. The first-order valence-corrected chi connectivity index (χ1v) is 9.93. The molecule has 3 rings (SSSR count). The number of benzene rings is 1. The van der Waals surface area contributed by atoms with Crippen LogP contribution in [0, 0.1) is 0 Å². The molecule has 0 aliphatic carbocycles. The molecule has 2 heterocycles. The van der Waals surface area contributed by atoms with Gasteiger partial charge in [0.05, 0.1) is 31.0 Å². The van der Waals surface area contributed by atoms with Gasteiger partial charge in [-0.15, -0.1) is 0 Å². The zero-order valence-electron chi connectivity index (χ0n) is 17.4. The lowest BCUT2D eigenvalue weighted by atomic mass is 10.0. The van der Waals surface area contributed by atoms with Crippen LogP contribution < -0.4 is 10.1 Å². The Kier molecular flexibility index (Phi) is 6.65. The third-order valence-corrected chi connectivity index (χ3v) is 4.41. The monoisotopic (exact) mass is 392 g/mol. The first-order chi connectivity index (χ1) is 13.9. The van der Waals surface area contributed by atoms with Crippen molar-refractivity contribution >= 4 is 11.7 Å². The van der Waals surface area contributed by atoms with E-state index in [0.29, 0.717) is 24.7 Å². The SMILES string of the molecule is CC(C)Oc1ccc(Cn2ccc(NC(=O)Cc3ccc(C(C)C)cc3)n2)nc1. The van der Waals surface area contributed by atoms with Crippen molar-refractivity contribution in [2.45, 2.75) is 52.7 Å². The molecule has 6 nitrogen and oxygen atoms in total. The second kappa shape index (κ2) is 9.37. The lowest BCUT2D eigenvalue weighted by Gasteiger charge is -2.09. The smallest absolute Gasteiger partial charge is 0.229 e. The highest BCUT2D eigenvalue weighted by molar-refractivity contribution is 5.91. The van der Waals surface area contributed by atoms with Crippen LogP contribution in [0.25, 0.3) is 0 Å². The van der Waals surface area contributed by atoms with Gasteiger partial charge in [0.25, 0.3) is 0 Å². The number of nitrogens with zero attached hydrogens (tertiary/aromatic N) is 3. The lowest BCUT2D eigenvalue weighted by molar-refractivity contribution is -0.115. The van der Waals surface area contributed by atoms with E-state index in [9.17, 15) is 4.79 Å². The fourth-order valence-electron chi connectivity index (χ4n) is 2.92. The van der Waals surface area contributed by atoms with Crippen LogP contribution in [0.5, 0.6) is 5.75 Å². The number of carbonyl (C=O) groups is 1. The zero-order valence-corrected chi connectivity index (χ0v) is 17.4. The fraction of sp³-hybridized carbons (Fsp3) is 0.348. The quantitative estimate of drug-likeness (QED) is 0.616. The molecule has 0 atom stereocenters. The summed E-state index contributed by atoms with van der Waals surface area (Å²) in [5.41, 5.74) is 3.12. The van der Waals surface area contributed by atoms with E-state index in [2.05, 4.69) is 41.4 Å². The van der Waals surface area contributed by atoms with Gasteiger partial charge in [-0.05, 0) is 43.0 Å². The fourth-order valence-corrected chi connectivity index (χ4v) is 2.92. The number of nitrogens with one attached hydrogen (secondary N) is 1. The maximum atomic E-state index is 12.3. The van der Waals surface area contributed by atoms with Crippen molar-refractivity contribution in [2.24, 2.45) is 0 Å². The average Bonchev–Trinajstić information content (AvgIpc) is 3.10. The molecular weight excluding hydrogens is 364 g/mol. The summed E-state index contributed by atoms with van der Waals surface area (Å²) in [4.78, 5) is 16.7. The Bertz CT molecular complexity index is 928. The Morgan fingerprint density at radius 1 is 1.07 bits per heavy atom. The van der Waals surface area contributed by atoms with E-state index < -0.39 is 0 Å². The highest BCUT2D eigenvalue weighted by Crippen LogP contribution is 2.16. The van der Waals surface area contributed by atoms with Gasteiger partial charge in [-0.2, -0.15) is 5.10 Å². The highest BCUT2D eigenvalue weighted by Gasteiger charge is 2.08. The molecule has 0 aliphatic rings. The summed E-state index contributed by atoms with van der Waals surface area (Å²) in [6.45, 7) is 8.79. The lowest BCUT2D eigenvalue weighted by Crippen LogP contribution is -2.15. The minimum atomic E-state index is -0.0825. The predicted octanol–water partition coefficient (Wildman–Crippen LogP) is 4.42. The summed E-state index contributed by atoms with van der Waals surface area (Å²) in [6.07, 6.45) is 3.98. The summed E-state index contributed by atoms with van der Waals surface area (Å²) in [6, 6.07) is 13.8. The summed E-state index contributed by atoms with van der Waals surface area (Å²) in [5, 5.41) is 7.26. The molecule has 0 saturated heterocycles. The molecule has 0 saturated carbocycles. The van der Waals surface area contributed by atoms with Crippen LogP contribution in [0.15, 0.2) is 54.9 Å². The summed E-state index contributed by atoms with van der Waals surface area (Å²) in [5.74, 6) is 1.68. The number of hydrogen-bond donors (Lipinski definition) is 1. The molecule has 29 heavy (non-hydrogen) atoms. The van der Waals surface area contributed by atoms with Crippen LogP contribution in [-0.4, -0.2) is 26.8 Å². The third kappa shape index (κ3) is 6.17. The molecular formula is C23H28N4O2. The summed E-state index contributed by atoms with van der Waals surface area (Å²) >= 11 is 0. The molecule has 0 fully saturated rings. The highest BCUT2D eigenvalue weighted by atomic mass is 16.5. The zero-order chi connectivity index (χ0) is 20.8. The van der Waals surface area contributed by atoms with Crippen LogP contribution in [0.3, 0.4) is 0 Å². The van der Waals surface area contributed by atoms with Crippen LogP contribution in [-0.2, 0) is 17.8 Å². The average molecular weight is 393 g/mol. The topological polar surface area (TPSA) is 69.0 Å². The Labute approximate surface area is 171 Å². The number of pyridine rings is 1. The third-order valence-electron chi connectivity index (χ3n) is 4.41. The van der Waals surface area contributed by atoms with Crippen molar-refractivity contribution in [3.8, 4) is 5.75 Å². The number of aromatic nitrogens is 3. The van der Waals surface area contributed by atoms with E-state index in [4.69, 9.17) is 4.74 Å². The van der Waals surface area contributed by atoms with Crippen molar-refractivity contribution in [3.05, 3.63) is 71.7 Å². The maximum Gasteiger partial charge on any atom is 0.229 e. The van der Waals surface area contributed by atoms with Gasteiger partial charge in [0.15, 0.2) is 5.82 Å². The molecule has 1 amide bonds. The largest absolute Gasteiger partial charge is 0.489 e. The number of carbonyl (C=O) groups excluding carboxylic acids is 1. The Morgan fingerprint density at radius 3 is 2.45 bits per heavy atom. The van der Waals surface area contributed by atoms with Crippen LogP contribution in [0.1, 0.15) is 50.4 Å². The van der Waals surface area contributed by atoms with Gasteiger partial charge in [-0.3, -0.25) is 14.5 Å². The van der Waals surface area contributed by atoms with Crippen LogP contribution in [0.2, 0.25) is 0 Å². The van der Waals surface area contributed by atoms with E-state index >= 15 is 0 Å². The molecule has 3 aromatic rings. The van der Waals surface area contributed by atoms with Crippen molar-refractivity contribution in [1.29, 1.82) is 0 Å². The number of rotatable bonds is 8. The number of hydrogen-bond acceptors (Lipinski definition) is 4. The normalized spacial score (nSPS) is 11.1. The summed E-state index contributed by atoms with van der Waals surface area (Å²) in [7, 11) is 0. The molecule has 152 valence electrons. The first-order valence-electron chi connectivity index (χ1n) is 9.93. The molecule has 0 bridgehead atoms. The minimum Gasteiger partial charge on any atom is -0.489 e. The Hall–Kier alpha value is -3.15. The molecule has 2 aromatic heterocycles. The Morgan fingerprint density at radius 2 is 1.83 bits per heavy atom. The van der Waals surface area contributed by atoms with Crippen LogP contribution >= 0.6 is 0 Å². The van der Waals surface area contributed by atoms with E-state index in [-0.39, 0.29) is 12.0 Å². The van der Waals surface area contributed by atoms with E-state index in [1.54, 1.807) is 16.9 Å². The van der Waals surface area contributed by atoms with Crippen molar-refractivity contribution < 1.29 is 9.53 Å². The molecule has 1 aromatic carbocycles. The number of ether oxygens (including phenoxy) is 1. The standard InChI is InChI=1S/C23H28N4O2/c1-16(2)19-7-5-18(6-8-19)13-23(28)25-22-11-12-27(26-22)15-20-9-10-21(14-24-20)29-17(3)4/h5-12,14,16-17H,13,15H2,1-4H3,(H,25,26,28). The number of amides is 1. The second-order valence-electron chi connectivity index (χ2n) is 7.67. The van der Waals surface area contributed by atoms with E-state index in [1.807, 2.05) is 44.3 Å². The van der Waals surface area contributed by atoms with Crippen molar-refractivity contribution in [3.63, 3.8) is 0 Å². The van der Waals surface area contributed by atoms with Gasteiger partial charge in [0.1, 0.15) is 5.75 Å². The van der Waals surface area contributed by atoms with Gasteiger partial charge in [0.2, 0.25) is 5.91 Å². The molecule has 6 heteroatoms. The molecule has 0 radical (unpaired) electrons. The minimum absolute atomic E-state index is 0.0825.